The van der Waals surface area contributed by atoms with E-state index in [1.807, 2.05) is 3.88 Å². The summed E-state index contributed by atoms with van der Waals surface area (Å²) in [6, 6.07) is 0. The Hall–Kier alpha value is 0.154. The second kappa shape index (κ2) is 9.02. The molecule has 0 aromatic heterocycles. The third-order valence-electron chi connectivity index (χ3n) is 5.08. The molecule has 1 aliphatic carbocycles. The van der Waals surface area contributed by atoms with Crippen LogP contribution in [0.5, 0.6) is 0 Å². The molecule has 0 bridgehead atoms. The van der Waals surface area contributed by atoms with Crippen LogP contribution in [0.1, 0.15) is 80.1 Å². The zero-order chi connectivity index (χ0) is 17.8. The second-order valence-electron chi connectivity index (χ2n) is 8.64. The van der Waals surface area contributed by atoms with E-state index in [-0.39, 0.29) is 5.54 Å². The second-order valence-corrected chi connectivity index (χ2v) is 12.5. The Morgan fingerprint density at radius 1 is 1.04 bits per heavy atom. The summed E-state index contributed by atoms with van der Waals surface area (Å²) in [4.78, 5) is 0. The van der Waals surface area contributed by atoms with Crippen molar-refractivity contribution in [3.63, 3.8) is 0 Å². The van der Waals surface area contributed by atoms with Gasteiger partial charge in [0.25, 0.3) is 0 Å². The van der Waals surface area contributed by atoms with E-state index >= 15 is 0 Å². The number of hydrogen-bond donors (Lipinski definition) is 1. The van der Waals surface area contributed by atoms with Crippen molar-refractivity contribution in [3.8, 4) is 0 Å². The molecule has 2 atom stereocenters. The summed E-state index contributed by atoms with van der Waals surface area (Å²) in [5.41, 5.74) is 11.5. The molecule has 0 aromatic rings. The summed E-state index contributed by atoms with van der Waals surface area (Å²) in [6.45, 7) is 13.9. The van der Waals surface area contributed by atoms with E-state index in [0.717, 1.165) is 12.3 Å². The molecule has 0 saturated heterocycles. The molecule has 23 heavy (non-hydrogen) atoms. The van der Waals surface area contributed by atoms with E-state index in [1.54, 1.807) is 16.7 Å². The number of hydrogen-bond acceptors (Lipinski definition) is 1. The van der Waals surface area contributed by atoms with Gasteiger partial charge in [0.15, 0.2) is 0 Å². The maximum atomic E-state index is 6.41. The van der Waals surface area contributed by atoms with Crippen molar-refractivity contribution >= 4 is 0 Å². The van der Waals surface area contributed by atoms with Crippen LogP contribution in [-0.2, 0) is 17.9 Å². The van der Waals surface area contributed by atoms with E-state index < -0.39 is 17.9 Å². The van der Waals surface area contributed by atoms with Crippen LogP contribution in [0.2, 0.25) is 10.5 Å². The molecular formula is C21H40NTi. The molecule has 0 saturated carbocycles. The Kier molecular flexibility index (Phi) is 8.31. The quantitative estimate of drug-likeness (QED) is 0.461. The van der Waals surface area contributed by atoms with Gasteiger partial charge in [0, 0.05) is 0 Å². The Balaban J connectivity index is 3.30. The Labute approximate surface area is 152 Å². The molecule has 0 radical (unpaired) electrons. The minimum absolute atomic E-state index is 0.0945. The number of allylic oxidation sites excluding steroid dienone is 3. The van der Waals surface area contributed by atoms with E-state index in [2.05, 4.69) is 52.0 Å². The number of nitrogens with two attached hydrogens (primary N) is 1. The summed E-state index contributed by atoms with van der Waals surface area (Å²) in [5.74, 6) is 1.46. The predicted octanol–water partition coefficient (Wildman–Crippen LogP) is 6.66. The summed E-state index contributed by atoms with van der Waals surface area (Å²) < 4.78 is 1.85. The van der Waals surface area contributed by atoms with Gasteiger partial charge in [-0.15, -0.1) is 0 Å². The molecule has 0 fully saturated rings. The summed E-state index contributed by atoms with van der Waals surface area (Å²) in [7, 11) is 0. The Bertz CT molecular complexity index is 451. The zero-order valence-electron chi connectivity index (χ0n) is 17.0. The Morgan fingerprint density at radius 2 is 1.57 bits per heavy atom. The Morgan fingerprint density at radius 3 is 2.00 bits per heavy atom. The van der Waals surface area contributed by atoms with Crippen molar-refractivity contribution in [1.82, 2.24) is 0 Å². The summed E-state index contributed by atoms with van der Waals surface area (Å²) in [5, 5.41) is 5.09. The summed E-state index contributed by atoms with van der Waals surface area (Å²) >= 11 is -1.12. The fourth-order valence-corrected chi connectivity index (χ4v) is 7.29. The van der Waals surface area contributed by atoms with Crippen LogP contribution in [0, 0.1) is 11.8 Å². The third-order valence-corrected chi connectivity index (χ3v) is 7.56. The molecule has 0 amide bonds. The van der Waals surface area contributed by atoms with E-state index in [4.69, 9.17) is 5.73 Å². The van der Waals surface area contributed by atoms with Gasteiger partial charge in [-0.1, -0.05) is 0 Å². The van der Waals surface area contributed by atoms with Gasteiger partial charge in [-0.05, 0) is 0 Å². The molecule has 0 heterocycles. The van der Waals surface area contributed by atoms with Crippen LogP contribution in [0.4, 0.5) is 0 Å². The maximum absolute atomic E-state index is 6.41. The molecule has 0 aliphatic heterocycles. The topological polar surface area (TPSA) is 26.0 Å². The van der Waals surface area contributed by atoms with E-state index in [1.165, 1.54) is 32.1 Å². The monoisotopic (exact) mass is 354 g/mol. The molecule has 133 valence electrons. The standard InChI is InChI=1S/C19H34N.2CH3.Ti/c1-7-9-14(3)16-11-17(13-19(5,6)20)18(12-16)15(4)10-8-2;;;/h14-15H,7-11,13,20H2,1-6H3;2*1H3;. The SMILES string of the molecule is CCCC(C)C1=[C]([Ti]([CH3])[CH3])C(C(C)CCC)=C(CC(C)(C)N)C1. The van der Waals surface area contributed by atoms with Crippen LogP contribution in [0.3, 0.4) is 0 Å². The van der Waals surface area contributed by atoms with Crippen molar-refractivity contribution in [2.75, 3.05) is 0 Å². The van der Waals surface area contributed by atoms with Gasteiger partial charge in [0.1, 0.15) is 0 Å². The molecule has 0 aromatic carbocycles. The molecular weight excluding hydrogens is 314 g/mol. The molecule has 2 unspecified atom stereocenters. The van der Waals surface area contributed by atoms with Crippen LogP contribution < -0.4 is 5.73 Å². The molecule has 2 heteroatoms. The average Bonchev–Trinajstić information content (AvgIpc) is 2.76. The first-order chi connectivity index (χ1) is 10.6. The van der Waals surface area contributed by atoms with Crippen LogP contribution in [0.15, 0.2) is 20.6 Å². The molecule has 1 rings (SSSR count). The first kappa shape index (κ1) is 21.2. The van der Waals surface area contributed by atoms with Gasteiger partial charge in [-0.2, -0.15) is 0 Å². The fourth-order valence-electron chi connectivity index (χ4n) is 4.26. The van der Waals surface area contributed by atoms with Crippen molar-refractivity contribution in [3.05, 3.63) is 20.6 Å². The third kappa shape index (κ3) is 5.87. The average molecular weight is 354 g/mol. The van der Waals surface area contributed by atoms with Crippen molar-refractivity contribution in [1.29, 1.82) is 0 Å². The molecule has 1 nitrogen and oxygen atoms in total. The van der Waals surface area contributed by atoms with E-state index in [0.29, 0.717) is 5.92 Å². The number of rotatable bonds is 9. The van der Waals surface area contributed by atoms with Gasteiger partial charge >= 0.3 is 152 Å². The van der Waals surface area contributed by atoms with Crippen molar-refractivity contribution in [2.45, 2.75) is 96.1 Å². The van der Waals surface area contributed by atoms with Crippen LogP contribution in [-0.4, -0.2) is 5.54 Å². The fraction of sp³-hybridized carbons (Fsp3) is 0.810. The van der Waals surface area contributed by atoms with Gasteiger partial charge in [-0.3, -0.25) is 0 Å². The summed E-state index contributed by atoms with van der Waals surface area (Å²) in [6.07, 6.45) is 7.50. The van der Waals surface area contributed by atoms with Crippen LogP contribution >= 0.6 is 0 Å². The minimum atomic E-state index is -1.12. The van der Waals surface area contributed by atoms with Gasteiger partial charge < -0.3 is 0 Å². The zero-order valence-corrected chi connectivity index (χ0v) is 18.5. The first-order valence-corrected chi connectivity index (χ1v) is 13.6. The van der Waals surface area contributed by atoms with Gasteiger partial charge in [0.2, 0.25) is 0 Å². The van der Waals surface area contributed by atoms with Gasteiger partial charge in [0.05, 0.1) is 0 Å². The normalized spacial score (nSPS) is 18.7. The van der Waals surface area contributed by atoms with Crippen LogP contribution in [0.25, 0.3) is 0 Å². The van der Waals surface area contributed by atoms with Gasteiger partial charge in [-0.25, -0.2) is 0 Å². The predicted molar refractivity (Wildman–Crippen MR) is 101 cm³/mol. The first-order valence-electron chi connectivity index (χ1n) is 9.67. The molecule has 2 N–H and O–H groups in total. The van der Waals surface area contributed by atoms with Crippen molar-refractivity contribution in [2.24, 2.45) is 17.6 Å². The molecule has 0 spiro atoms. The molecule has 1 aliphatic rings. The van der Waals surface area contributed by atoms with Crippen molar-refractivity contribution < 1.29 is 17.9 Å². The van der Waals surface area contributed by atoms with E-state index in [9.17, 15) is 0 Å².